The molecule has 0 saturated heterocycles. The van der Waals surface area contributed by atoms with Gasteiger partial charge in [-0.2, -0.15) is 0 Å². The summed E-state index contributed by atoms with van der Waals surface area (Å²) in [7, 11) is 0. The summed E-state index contributed by atoms with van der Waals surface area (Å²) in [5, 5.41) is 15.3. The van der Waals surface area contributed by atoms with Crippen LogP contribution in [0.25, 0.3) is 0 Å². The fourth-order valence-electron chi connectivity index (χ4n) is 2.36. The van der Waals surface area contributed by atoms with Gasteiger partial charge in [-0.3, -0.25) is 10.0 Å². The molecule has 4 N–H and O–H groups in total. The number of hydrogen-bond donors (Lipinski definition) is 4. The highest BCUT2D eigenvalue weighted by Gasteiger charge is 2.22. The fraction of sp³-hybridized carbons (Fsp3) is 0.133. The maximum atomic E-state index is 11.4. The van der Waals surface area contributed by atoms with E-state index in [1.54, 1.807) is 17.6 Å². The summed E-state index contributed by atoms with van der Waals surface area (Å²) in [6.45, 7) is 2.05. The Morgan fingerprint density at radius 3 is 2.70 bits per heavy atom. The lowest BCUT2D eigenvalue weighted by Crippen LogP contribution is -2.18. The summed E-state index contributed by atoms with van der Waals surface area (Å²) < 4.78 is 0. The Morgan fingerprint density at radius 1 is 1.15 bits per heavy atom. The molecule has 1 atom stereocenters. The minimum absolute atomic E-state index is 0.0164. The number of benzene rings is 2. The van der Waals surface area contributed by atoms with Crippen molar-refractivity contribution in [1.82, 2.24) is 5.48 Å². The molecule has 2 aromatic rings. The van der Waals surface area contributed by atoms with Crippen LogP contribution in [0.4, 0.5) is 11.4 Å². The molecule has 0 bridgehead atoms. The quantitative estimate of drug-likeness (QED) is 0.499. The van der Waals surface area contributed by atoms with Crippen LogP contribution in [-0.2, 0) is 0 Å². The number of rotatable bonds is 2. The monoisotopic (exact) mass is 269 g/mol. The molecule has 1 heterocycles. The van der Waals surface area contributed by atoms with Gasteiger partial charge in [0.05, 0.1) is 11.4 Å². The van der Waals surface area contributed by atoms with Crippen molar-refractivity contribution in [3.05, 3.63) is 59.2 Å². The van der Waals surface area contributed by atoms with Gasteiger partial charge in [0.1, 0.15) is 6.17 Å². The molecular formula is C15H15N3O2. The molecule has 1 amide bonds. The number of aryl methyl sites for hydroxylation is 1. The number of amides is 1. The van der Waals surface area contributed by atoms with E-state index in [0.29, 0.717) is 5.56 Å². The van der Waals surface area contributed by atoms with Gasteiger partial charge in [-0.15, -0.1) is 0 Å². The zero-order valence-corrected chi connectivity index (χ0v) is 11.0. The summed E-state index contributed by atoms with van der Waals surface area (Å²) in [6, 6.07) is 13.4. The van der Waals surface area contributed by atoms with Gasteiger partial charge < -0.3 is 10.6 Å². The Bertz CT molecular complexity index is 670. The minimum Gasteiger partial charge on any atom is -0.360 e. The number of fused-ring (bicyclic) bond motifs is 1. The second-order valence-electron chi connectivity index (χ2n) is 4.84. The molecule has 0 aliphatic carbocycles. The molecular weight excluding hydrogens is 254 g/mol. The van der Waals surface area contributed by atoms with E-state index in [9.17, 15) is 4.79 Å². The topological polar surface area (TPSA) is 73.4 Å². The maximum Gasteiger partial charge on any atom is 0.274 e. The largest absolute Gasteiger partial charge is 0.360 e. The van der Waals surface area contributed by atoms with Crippen LogP contribution in [0.1, 0.15) is 27.7 Å². The highest BCUT2D eigenvalue weighted by Crippen LogP contribution is 2.35. The Balaban J connectivity index is 1.87. The van der Waals surface area contributed by atoms with Crippen LogP contribution < -0.4 is 16.1 Å². The zero-order chi connectivity index (χ0) is 14.1. The first-order valence-corrected chi connectivity index (χ1v) is 6.35. The molecule has 0 aromatic heterocycles. The maximum absolute atomic E-state index is 11.4. The highest BCUT2D eigenvalue weighted by atomic mass is 16.5. The first-order chi connectivity index (χ1) is 9.67. The van der Waals surface area contributed by atoms with E-state index in [1.807, 2.05) is 18.2 Å². The average Bonchev–Trinajstić information content (AvgIpc) is 2.89. The van der Waals surface area contributed by atoms with E-state index < -0.39 is 5.91 Å². The van der Waals surface area contributed by atoms with Crippen molar-refractivity contribution in [2.75, 3.05) is 10.6 Å². The first-order valence-electron chi connectivity index (χ1n) is 6.35. The van der Waals surface area contributed by atoms with Gasteiger partial charge in [0, 0.05) is 5.56 Å². The van der Waals surface area contributed by atoms with E-state index >= 15 is 0 Å². The molecule has 102 valence electrons. The number of hydrogen-bond acceptors (Lipinski definition) is 4. The number of carbonyl (C=O) groups is 1. The predicted molar refractivity (Wildman–Crippen MR) is 76.9 cm³/mol. The number of nitrogens with one attached hydrogen (secondary N) is 3. The molecule has 1 unspecified atom stereocenters. The van der Waals surface area contributed by atoms with Crippen LogP contribution in [0.2, 0.25) is 0 Å². The molecule has 0 fully saturated rings. The molecule has 0 saturated carbocycles. The SMILES string of the molecule is Cc1cccc(C2Nc3ccc(C(=O)NO)cc3N2)c1. The molecule has 3 rings (SSSR count). The van der Waals surface area contributed by atoms with Crippen molar-refractivity contribution in [3.63, 3.8) is 0 Å². The molecule has 0 radical (unpaired) electrons. The third kappa shape index (κ3) is 2.19. The Morgan fingerprint density at radius 2 is 1.95 bits per heavy atom. The van der Waals surface area contributed by atoms with E-state index in [0.717, 1.165) is 16.9 Å². The van der Waals surface area contributed by atoms with Crippen LogP contribution in [0.15, 0.2) is 42.5 Å². The molecule has 2 aromatic carbocycles. The summed E-state index contributed by atoms with van der Waals surface area (Å²) in [6.07, 6.45) is -0.0164. The van der Waals surface area contributed by atoms with Gasteiger partial charge in [-0.25, -0.2) is 5.48 Å². The summed E-state index contributed by atoms with van der Waals surface area (Å²) in [4.78, 5) is 11.4. The van der Waals surface area contributed by atoms with Crippen molar-refractivity contribution < 1.29 is 10.0 Å². The summed E-state index contributed by atoms with van der Waals surface area (Å²) >= 11 is 0. The average molecular weight is 269 g/mol. The first kappa shape index (κ1) is 12.5. The van der Waals surface area contributed by atoms with Crippen molar-refractivity contribution in [2.45, 2.75) is 13.1 Å². The molecule has 20 heavy (non-hydrogen) atoms. The lowest BCUT2D eigenvalue weighted by atomic mass is 10.1. The number of carbonyl (C=O) groups excluding carboxylic acids is 1. The molecule has 1 aliphatic rings. The molecule has 0 spiro atoms. The van der Waals surface area contributed by atoms with E-state index in [4.69, 9.17) is 5.21 Å². The third-order valence-corrected chi connectivity index (χ3v) is 3.36. The van der Waals surface area contributed by atoms with E-state index in [-0.39, 0.29) is 6.17 Å². The molecule has 5 heteroatoms. The molecule has 1 aliphatic heterocycles. The predicted octanol–water partition coefficient (Wildman–Crippen LogP) is 2.65. The van der Waals surface area contributed by atoms with Crippen LogP contribution in [0.5, 0.6) is 0 Å². The van der Waals surface area contributed by atoms with Crippen molar-refractivity contribution in [2.24, 2.45) is 0 Å². The summed E-state index contributed by atoms with van der Waals surface area (Å²) in [5.41, 5.74) is 6.15. The van der Waals surface area contributed by atoms with Crippen molar-refractivity contribution in [1.29, 1.82) is 0 Å². The van der Waals surface area contributed by atoms with Crippen molar-refractivity contribution >= 4 is 17.3 Å². The van der Waals surface area contributed by atoms with Gasteiger partial charge in [0.2, 0.25) is 0 Å². The second-order valence-corrected chi connectivity index (χ2v) is 4.84. The van der Waals surface area contributed by atoms with Gasteiger partial charge in [-0.05, 0) is 30.7 Å². The lowest BCUT2D eigenvalue weighted by molar-refractivity contribution is 0.0706. The Kier molecular flexibility index (Phi) is 3.04. The third-order valence-electron chi connectivity index (χ3n) is 3.36. The minimum atomic E-state index is -0.520. The van der Waals surface area contributed by atoms with Gasteiger partial charge >= 0.3 is 0 Å². The number of anilines is 2. The van der Waals surface area contributed by atoms with Gasteiger partial charge in [-0.1, -0.05) is 29.8 Å². The van der Waals surface area contributed by atoms with Gasteiger partial charge in [0.15, 0.2) is 0 Å². The van der Waals surface area contributed by atoms with Crippen LogP contribution in [0.3, 0.4) is 0 Å². The van der Waals surface area contributed by atoms with Crippen LogP contribution >= 0.6 is 0 Å². The molecule has 5 nitrogen and oxygen atoms in total. The van der Waals surface area contributed by atoms with E-state index in [2.05, 4.69) is 29.7 Å². The normalized spacial score (nSPS) is 16.0. The standard InChI is InChI=1S/C15H15N3O2/c1-9-3-2-4-10(7-9)14-16-12-6-5-11(15(19)18-20)8-13(12)17-14/h2-8,14,16-17,20H,1H3,(H,18,19). The number of hydroxylamine groups is 1. The van der Waals surface area contributed by atoms with E-state index in [1.165, 1.54) is 5.56 Å². The zero-order valence-electron chi connectivity index (χ0n) is 11.0. The second kappa shape index (κ2) is 4.86. The van der Waals surface area contributed by atoms with Crippen LogP contribution in [-0.4, -0.2) is 11.1 Å². The smallest absolute Gasteiger partial charge is 0.274 e. The Labute approximate surface area is 116 Å². The summed E-state index contributed by atoms with van der Waals surface area (Å²) in [5.74, 6) is -0.520. The Hall–Kier alpha value is -2.53. The van der Waals surface area contributed by atoms with Gasteiger partial charge in [0.25, 0.3) is 5.91 Å². The fourth-order valence-corrected chi connectivity index (χ4v) is 2.36. The highest BCUT2D eigenvalue weighted by molar-refractivity contribution is 5.96. The van der Waals surface area contributed by atoms with Crippen molar-refractivity contribution in [3.8, 4) is 0 Å². The van der Waals surface area contributed by atoms with Crippen LogP contribution in [0, 0.1) is 6.92 Å². The lowest BCUT2D eigenvalue weighted by Gasteiger charge is -2.13.